The second-order valence-corrected chi connectivity index (χ2v) is 6.41. The Hall–Kier alpha value is -2.65. The molecule has 0 aliphatic carbocycles. The van der Waals surface area contributed by atoms with Gasteiger partial charge in [-0.2, -0.15) is 0 Å². The summed E-state index contributed by atoms with van der Waals surface area (Å²) in [6, 6.07) is 9.77. The first kappa shape index (κ1) is 18.7. The Labute approximate surface area is 144 Å². The molecule has 25 heavy (non-hydrogen) atoms. The first-order valence-corrected chi connectivity index (χ1v) is 8.75. The van der Waals surface area contributed by atoms with Gasteiger partial charge < -0.3 is 9.47 Å². The standard InChI is InChI=1S/C16H17FN2O5S/c1-3-24-12-7-4-6-11(10-12)16(20)18-19-25(21,22)15-13(17)8-5-9-14(15)23-2/h4-10,19H,3H2,1-2H3,(H,18,20). The largest absolute Gasteiger partial charge is 0.495 e. The van der Waals surface area contributed by atoms with Crippen molar-refractivity contribution in [3.05, 3.63) is 53.8 Å². The van der Waals surface area contributed by atoms with Gasteiger partial charge in [0.05, 0.1) is 13.7 Å². The number of halogens is 1. The Morgan fingerprint density at radius 2 is 1.92 bits per heavy atom. The molecule has 0 radical (unpaired) electrons. The average molecular weight is 368 g/mol. The van der Waals surface area contributed by atoms with Crippen LogP contribution in [0.4, 0.5) is 4.39 Å². The molecule has 2 N–H and O–H groups in total. The van der Waals surface area contributed by atoms with E-state index in [1.807, 2.05) is 10.3 Å². The second kappa shape index (κ2) is 7.95. The van der Waals surface area contributed by atoms with E-state index in [0.717, 1.165) is 6.07 Å². The van der Waals surface area contributed by atoms with Crippen molar-refractivity contribution in [3.8, 4) is 11.5 Å². The third-order valence-corrected chi connectivity index (χ3v) is 4.43. The number of ether oxygens (including phenoxy) is 2. The van der Waals surface area contributed by atoms with E-state index in [9.17, 15) is 17.6 Å². The molecular formula is C16H17FN2O5S. The van der Waals surface area contributed by atoms with Crippen molar-refractivity contribution in [2.24, 2.45) is 0 Å². The van der Waals surface area contributed by atoms with Crippen molar-refractivity contribution in [2.45, 2.75) is 11.8 Å². The summed E-state index contributed by atoms with van der Waals surface area (Å²) in [4.78, 5) is 13.3. The Kier molecular flexibility index (Phi) is 5.94. The van der Waals surface area contributed by atoms with Crippen LogP contribution in [0.25, 0.3) is 0 Å². The summed E-state index contributed by atoms with van der Waals surface area (Å²) in [6.45, 7) is 2.22. The zero-order valence-electron chi connectivity index (χ0n) is 13.6. The Morgan fingerprint density at radius 3 is 2.60 bits per heavy atom. The average Bonchev–Trinajstić information content (AvgIpc) is 2.59. The third-order valence-electron chi connectivity index (χ3n) is 3.13. The fraction of sp³-hybridized carbons (Fsp3) is 0.188. The summed E-state index contributed by atoms with van der Waals surface area (Å²) in [5.74, 6) is -1.44. The molecule has 0 aromatic heterocycles. The number of hydrazine groups is 1. The molecule has 2 rings (SSSR count). The third kappa shape index (κ3) is 4.46. The van der Waals surface area contributed by atoms with Crippen LogP contribution in [0.15, 0.2) is 47.4 Å². The number of carbonyl (C=O) groups excluding carboxylic acids is 1. The van der Waals surface area contributed by atoms with Gasteiger partial charge in [-0.1, -0.05) is 12.1 Å². The van der Waals surface area contributed by atoms with Crippen LogP contribution < -0.4 is 19.7 Å². The lowest BCUT2D eigenvalue weighted by atomic mass is 10.2. The molecule has 0 unspecified atom stereocenters. The van der Waals surface area contributed by atoms with Gasteiger partial charge in [-0.25, -0.2) is 12.8 Å². The zero-order valence-corrected chi connectivity index (χ0v) is 14.4. The van der Waals surface area contributed by atoms with Crippen LogP contribution in [-0.2, 0) is 10.0 Å². The highest BCUT2D eigenvalue weighted by atomic mass is 32.2. The fourth-order valence-electron chi connectivity index (χ4n) is 2.04. The highest BCUT2D eigenvalue weighted by molar-refractivity contribution is 7.89. The van der Waals surface area contributed by atoms with E-state index in [-0.39, 0.29) is 11.3 Å². The molecule has 2 aromatic carbocycles. The van der Waals surface area contributed by atoms with Crippen molar-refractivity contribution in [1.82, 2.24) is 10.3 Å². The molecule has 0 heterocycles. The fourth-order valence-corrected chi connectivity index (χ4v) is 3.11. The lowest BCUT2D eigenvalue weighted by molar-refractivity contribution is 0.0944. The number of amides is 1. The first-order valence-electron chi connectivity index (χ1n) is 7.26. The summed E-state index contributed by atoms with van der Waals surface area (Å²) >= 11 is 0. The van der Waals surface area contributed by atoms with E-state index >= 15 is 0 Å². The SMILES string of the molecule is CCOc1cccc(C(=O)NNS(=O)(=O)c2c(F)cccc2OC)c1. The summed E-state index contributed by atoms with van der Waals surface area (Å²) in [5.41, 5.74) is 2.21. The highest BCUT2D eigenvalue weighted by Crippen LogP contribution is 2.25. The van der Waals surface area contributed by atoms with Crippen LogP contribution in [0.3, 0.4) is 0 Å². The van der Waals surface area contributed by atoms with Crippen LogP contribution >= 0.6 is 0 Å². The zero-order chi connectivity index (χ0) is 18.4. The van der Waals surface area contributed by atoms with Crippen molar-refractivity contribution in [1.29, 1.82) is 0 Å². The molecule has 0 aliphatic heterocycles. The smallest absolute Gasteiger partial charge is 0.266 e. The summed E-state index contributed by atoms with van der Waals surface area (Å²) in [7, 11) is -3.16. The molecule has 1 amide bonds. The van der Waals surface area contributed by atoms with Crippen molar-refractivity contribution < 1.29 is 27.1 Å². The van der Waals surface area contributed by atoms with E-state index in [0.29, 0.717) is 12.4 Å². The lowest BCUT2D eigenvalue weighted by Gasteiger charge is -2.12. The maximum Gasteiger partial charge on any atom is 0.266 e. The molecular weight excluding hydrogens is 351 g/mol. The van der Waals surface area contributed by atoms with Crippen LogP contribution in [0, 0.1) is 5.82 Å². The van der Waals surface area contributed by atoms with Gasteiger partial charge in [0.1, 0.15) is 17.3 Å². The molecule has 9 heteroatoms. The van der Waals surface area contributed by atoms with Gasteiger partial charge in [0.15, 0.2) is 4.90 Å². The van der Waals surface area contributed by atoms with E-state index < -0.39 is 26.6 Å². The Balaban J connectivity index is 2.17. The van der Waals surface area contributed by atoms with Gasteiger partial charge in [-0.15, -0.1) is 4.83 Å². The van der Waals surface area contributed by atoms with Crippen molar-refractivity contribution in [2.75, 3.05) is 13.7 Å². The molecule has 0 saturated heterocycles. The summed E-state index contributed by atoms with van der Waals surface area (Å²) in [5, 5.41) is 0. The minimum atomic E-state index is -4.37. The molecule has 0 saturated carbocycles. The number of benzene rings is 2. The minimum Gasteiger partial charge on any atom is -0.495 e. The molecule has 0 aliphatic rings. The van der Waals surface area contributed by atoms with Gasteiger partial charge in [0.2, 0.25) is 0 Å². The van der Waals surface area contributed by atoms with E-state index in [1.54, 1.807) is 19.1 Å². The maximum atomic E-state index is 13.9. The van der Waals surface area contributed by atoms with E-state index in [1.165, 1.54) is 31.4 Å². The number of methoxy groups -OCH3 is 1. The molecule has 0 fully saturated rings. The number of rotatable bonds is 7. The van der Waals surface area contributed by atoms with Gasteiger partial charge in [-0.05, 0) is 37.3 Å². The maximum absolute atomic E-state index is 13.9. The van der Waals surface area contributed by atoms with Crippen LogP contribution in [0.1, 0.15) is 17.3 Å². The number of carbonyl (C=O) groups is 1. The second-order valence-electron chi connectivity index (χ2n) is 4.79. The number of hydrogen-bond donors (Lipinski definition) is 2. The summed E-state index contributed by atoms with van der Waals surface area (Å²) < 4.78 is 48.6. The van der Waals surface area contributed by atoms with Crippen LogP contribution in [0.2, 0.25) is 0 Å². The quantitative estimate of drug-likeness (QED) is 0.728. The number of hydrogen-bond acceptors (Lipinski definition) is 5. The van der Waals surface area contributed by atoms with Crippen molar-refractivity contribution >= 4 is 15.9 Å². The molecule has 2 aromatic rings. The predicted molar refractivity (Wildman–Crippen MR) is 88.4 cm³/mol. The van der Waals surface area contributed by atoms with Gasteiger partial charge in [0.25, 0.3) is 15.9 Å². The van der Waals surface area contributed by atoms with Gasteiger partial charge in [0, 0.05) is 5.56 Å². The molecule has 134 valence electrons. The number of nitrogens with one attached hydrogen (secondary N) is 2. The monoisotopic (exact) mass is 368 g/mol. The van der Waals surface area contributed by atoms with Gasteiger partial charge in [-0.3, -0.25) is 10.2 Å². The molecule has 0 bridgehead atoms. The van der Waals surface area contributed by atoms with Crippen molar-refractivity contribution in [3.63, 3.8) is 0 Å². The number of sulfonamides is 1. The topological polar surface area (TPSA) is 93.7 Å². The predicted octanol–water partition coefficient (Wildman–Crippen LogP) is 1.86. The first-order chi connectivity index (χ1) is 11.9. The van der Waals surface area contributed by atoms with Gasteiger partial charge >= 0.3 is 0 Å². The summed E-state index contributed by atoms with van der Waals surface area (Å²) in [6.07, 6.45) is 0. The normalized spacial score (nSPS) is 11.0. The molecule has 0 atom stereocenters. The lowest BCUT2D eigenvalue weighted by Crippen LogP contribution is -2.41. The van der Waals surface area contributed by atoms with E-state index in [2.05, 4.69) is 0 Å². The molecule has 0 spiro atoms. The Morgan fingerprint density at radius 1 is 1.20 bits per heavy atom. The van der Waals surface area contributed by atoms with Crippen LogP contribution in [-0.4, -0.2) is 28.0 Å². The highest BCUT2D eigenvalue weighted by Gasteiger charge is 2.25. The van der Waals surface area contributed by atoms with Crippen LogP contribution in [0.5, 0.6) is 11.5 Å². The minimum absolute atomic E-state index is 0.175. The van der Waals surface area contributed by atoms with E-state index in [4.69, 9.17) is 9.47 Å². The Bertz CT molecular complexity index is 871. The molecule has 7 nitrogen and oxygen atoms in total.